The van der Waals surface area contributed by atoms with Gasteiger partial charge in [0.2, 0.25) is 0 Å². The molecule has 5 heterocycles. The van der Waals surface area contributed by atoms with Gasteiger partial charge in [0, 0.05) is 34.6 Å². The Labute approximate surface area is 260 Å². The van der Waals surface area contributed by atoms with Crippen molar-refractivity contribution in [1.29, 1.82) is 0 Å². The van der Waals surface area contributed by atoms with Crippen LogP contribution in [0.4, 0.5) is 0 Å². The Bertz CT molecular complexity index is 1920. The van der Waals surface area contributed by atoms with Crippen LogP contribution in [0, 0.1) is 13.8 Å². The number of H-pyrrole nitrogens is 1. The Morgan fingerprint density at radius 2 is 1.51 bits per heavy atom. The number of hydrogen-bond donors (Lipinski definition) is 2. The van der Waals surface area contributed by atoms with Gasteiger partial charge in [-0.2, -0.15) is 0 Å². The van der Waals surface area contributed by atoms with Crippen LogP contribution in [-0.2, 0) is 33.1 Å². The number of nitrogens with zero attached hydrogens (tertiary/aromatic N) is 3. The van der Waals surface area contributed by atoms with E-state index in [1.165, 1.54) is 0 Å². The minimum absolute atomic E-state index is 0. The second kappa shape index (κ2) is 12.4. The molecule has 0 saturated carbocycles. The van der Waals surface area contributed by atoms with E-state index < -0.39 is 11.9 Å². The summed E-state index contributed by atoms with van der Waals surface area (Å²) >= 11 is 0. The molecule has 0 atom stereocenters. The minimum Gasteiger partial charge on any atom is -0.657 e. The number of aromatic amines is 1. The number of aromatic nitrogens is 4. The predicted molar refractivity (Wildman–Crippen MR) is 165 cm³/mol. The summed E-state index contributed by atoms with van der Waals surface area (Å²) in [4.78, 5) is 41.2. The molecular weight excluding hydrogens is 584 g/mol. The first-order valence-corrected chi connectivity index (χ1v) is 13.8. The Kier molecular flexibility index (Phi) is 9.09. The molecule has 2 aliphatic rings. The number of carbonyl (C=O) groups is 2. The van der Waals surface area contributed by atoms with Crippen molar-refractivity contribution in [1.82, 2.24) is 19.9 Å². The average molecular weight is 616 g/mol. The first-order chi connectivity index (χ1) is 20.0. The zero-order chi connectivity index (χ0) is 30.3. The first kappa shape index (κ1) is 31.5. The zero-order valence-corrected chi connectivity index (χ0v) is 25.7. The largest absolute Gasteiger partial charge is 3.00 e. The summed E-state index contributed by atoms with van der Waals surface area (Å²) in [5.74, 6) is -2.04. The third-order valence-corrected chi connectivity index (χ3v) is 8.13. The molecule has 0 aromatic carbocycles. The Hall–Kier alpha value is -4.46. The fraction of sp³-hybridized carbons (Fsp3) is 0.235. The predicted octanol–water partition coefficient (Wildman–Crippen LogP) is 5.80. The van der Waals surface area contributed by atoms with Crippen molar-refractivity contribution in [2.75, 3.05) is 0 Å². The van der Waals surface area contributed by atoms with Crippen LogP contribution < -0.4 is 10.1 Å². The average Bonchev–Trinajstić information content (AvgIpc) is 3.59. The number of allylic oxidation sites excluding steroid dienone is 5. The van der Waals surface area contributed by atoms with E-state index in [1.54, 1.807) is 12.2 Å². The molecule has 43 heavy (non-hydrogen) atoms. The molecule has 2 N–H and O–H groups in total. The number of aryl methyl sites for hydroxylation is 3. The number of carboxylic acid groups (broad SMARTS) is 2. The van der Waals surface area contributed by atoms with Gasteiger partial charge in [-0.15, -0.1) is 11.0 Å². The SMILES string of the molecule is C=CC1=C(C)c2cc3[n-]c(cc4nc(cc5[nH]c(cc1n2)c(C)c5C=C)C(C)=C4CCC(=O)O)c(CCC(=O)[O-])c3C.[Fe+3]. The van der Waals surface area contributed by atoms with Gasteiger partial charge in [-0.25, -0.2) is 9.97 Å². The van der Waals surface area contributed by atoms with Crippen LogP contribution in [0.1, 0.15) is 78.1 Å². The van der Waals surface area contributed by atoms with Gasteiger partial charge in [0.15, 0.2) is 0 Å². The second-order valence-electron chi connectivity index (χ2n) is 10.6. The van der Waals surface area contributed by atoms with Crippen molar-refractivity contribution in [3.8, 4) is 0 Å². The van der Waals surface area contributed by atoms with Crippen molar-refractivity contribution < 1.29 is 36.9 Å². The number of fused-ring (bicyclic) bond motifs is 8. The van der Waals surface area contributed by atoms with Crippen LogP contribution >= 0.6 is 0 Å². The van der Waals surface area contributed by atoms with E-state index in [2.05, 4.69) is 18.1 Å². The van der Waals surface area contributed by atoms with Gasteiger partial charge in [0.25, 0.3) is 0 Å². The summed E-state index contributed by atoms with van der Waals surface area (Å²) in [5, 5.41) is 20.8. The minimum atomic E-state index is -1.14. The van der Waals surface area contributed by atoms with Crippen molar-refractivity contribution in [3.63, 3.8) is 0 Å². The van der Waals surface area contributed by atoms with Crippen LogP contribution in [0.15, 0.2) is 43.5 Å². The Morgan fingerprint density at radius 1 is 0.860 bits per heavy atom. The molecule has 0 unspecified atom stereocenters. The van der Waals surface area contributed by atoms with Gasteiger partial charge in [-0.1, -0.05) is 48.6 Å². The van der Waals surface area contributed by atoms with Gasteiger partial charge in [0.05, 0.1) is 22.8 Å². The van der Waals surface area contributed by atoms with E-state index in [0.717, 1.165) is 67.0 Å². The fourth-order valence-corrected chi connectivity index (χ4v) is 5.68. The summed E-state index contributed by atoms with van der Waals surface area (Å²) in [7, 11) is 0. The van der Waals surface area contributed by atoms with Crippen molar-refractivity contribution in [2.24, 2.45) is 0 Å². The Balaban J connectivity index is 0.00000423. The zero-order valence-electron chi connectivity index (χ0n) is 24.6. The standard InChI is InChI=1S/C34H34N4O4.Fe/c1-7-21-17(3)25-13-26-19(5)23(9-11-33(39)40)31(37-26)16-32-24(10-12-34(41)42)20(6)28(38-32)15-30-22(8-2)18(4)27(36-30)14-29(21)35-25;/h7-8,13-16H,1-2,9-12H2,3-6H3,(H4,35,36,37,38,39,40,41,42);/q;+3/p-2. The second-order valence-corrected chi connectivity index (χ2v) is 10.6. The molecule has 0 aliphatic carbocycles. The first-order valence-electron chi connectivity index (χ1n) is 13.8. The van der Waals surface area contributed by atoms with Crippen molar-refractivity contribution in [3.05, 3.63) is 88.5 Å². The number of nitrogens with one attached hydrogen (secondary N) is 1. The number of hydrogen-bond acceptors (Lipinski definition) is 5. The maximum absolute atomic E-state index is 11.5. The molecule has 9 heteroatoms. The molecule has 0 amide bonds. The van der Waals surface area contributed by atoms with E-state index in [0.29, 0.717) is 28.8 Å². The molecule has 3 aromatic heterocycles. The number of carbonyl (C=O) groups excluding carboxylic acids is 1. The molecule has 0 saturated heterocycles. The molecule has 0 fully saturated rings. The van der Waals surface area contributed by atoms with Gasteiger partial charge < -0.3 is 25.0 Å². The van der Waals surface area contributed by atoms with Gasteiger partial charge in [0.1, 0.15) is 0 Å². The van der Waals surface area contributed by atoms with Gasteiger partial charge >= 0.3 is 23.0 Å². The summed E-state index contributed by atoms with van der Waals surface area (Å²) in [6.07, 6.45) is 3.93. The molecule has 0 spiro atoms. The number of aliphatic carboxylic acids is 2. The molecule has 3 aromatic rings. The normalized spacial score (nSPS) is 12.7. The molecule has 8 bridgehead atoms. The summed E-state index contributed by atoms with van der Waals surface area (Å²) < 4.78 is 0. The quantitative estimate of drug-likeness (QED) is 0.306. The third kappa shape index (κ3) is 5.91. The number of carboxylic acids is 2. The van der Waals surface area contributed by atoms with E-state index in [1.807, 2.05) is 52.0 Å². The van der Waals surface area contributed by atoms with Crippen molar-refractivity contribution >= 4 is 62.4 Å². The van der Waals surface area contributed by atoms with Crippen LogP contribution in [0.2, 0.25) is 0 Å². The third-order valence-electron chi connectivity index (χ3n) is 8.13. The van der Waals surface area contributed by atoms with E-state index in [4.69, 9.17) is 15.0 Å². The smallest absolute Gasteiger partial charge is 0.657 e. The van der Waals surface area contributed by atoms with E-state index in [-0.39, 0.29) is 36.3 Å². The fourth-order valence-electron chi connectivity index (χ4n) is 5.68. The molecule has 2 aliphatic heterocycles. The van der Waals surface area contributed by atoms with Gasteiger partial charge in [-0.05, 0) is 81.4 Å². The molecule has 219 valence electrons. The summed E-state index contributed by atoms with van der Waals surface area (Å²) in [5.41, 5.74) is 12.9. The summed E-state index contributed by atoms with van der Waals surface area (Å²) in [6, 6.07) is 7.70. The Morgan fingerprint density at radius 3 is 2.16 bits per heavy atom. The number of rotatable bonds is 8. The van der Waals surface area contributed by atoms with E-state index >= 15 is 0 Å². The molecule has 5 rings (SSSR count). The molecule has 1 radical (unpaired) electrons. The maximum Gasteiger partial charge on any atom is 3.00 e. The monoisotopic (exact) mass is 616 g/mol. The van der Waals surface area contributed by atoms with E-state index in [9.17, 15) is 19.8 Å². The van der Waals surface area contributed by atoms with Crippen LogP contribution in [0.5, 0.6) is 0 Å². The maximum atomic E-state index is 11.5. The summed E-state index contributed by atoms with van der Waals surface area (Å²) in [6.45, 7) is 15.9. The van der Waals surface area contributed by atoms with Crippen LogP contribution in [0.3, 0.4) is 0 Å². The van der Waals surface area contributed by atoms with Crippen molar-refractivity contribution in [2.45, 2.75) is 53.4 Å². The van der Waals surface area contributed by atoms with Gasteiger partial charge in [-0.3, -0.25) is 4.79 Å². The molecule has 8 nitrogen and oxygen atoms in total. The van der Waals surface area contributed by atoms with Crippen LogP contribution in [-0.4, -0.2) is 32.0 Å². The topological polar surface area (TPSA) is 133 Å². The molecular formula is C34H32FeN4O4+. The van der Waals surface area contributed by atoms with Crippen LogP contribution in [0.25, 0.3) is 50.4 Å².